The second-order valence-electron chi connectivity index (χ2n) is 8.35. The minimum atomic E-state index is -1.12. The van der Waals surface area contributed by atoms with Crippen LogP contribution in [0.3, 0.4) is 0 Å². The van der Waals surface area contributed by atoms with Crippen molar-refractivity contribution in [1.82, 2.24) is 14.5 Å². The third-order valence-electron chi connectivity index (χ3n) is 4.73. The van der Waals surface area contributed by atoms with Crippen LogP contribution in [0.15, 0.2) is 11.0 Å². The number of aliphatic carboxylic acids is 1. The Kier molecular flexibility index (Phi) is 6.21. The number of carboxylic acids is 1. The lowest BCUT2D eigenvalue weighted by molar-refractivity contribution is -0.141. The lowest BCUT2D eigenvalue weighted by Gasteiger charge is -2.42. The Bertz CT molecular complexity index is 704. The summed E-state index contributed by atoms with van der Waals surface area (Å²) in [6.45, 7) is 10.8. The lowest BCUT2D eigenvalue weighted by Crippen LogP contribution is -2.57. The van der Waals surface area contributed by atoms with Crippen LogP contribution in [0.1, 0.15) is 64.3 Å². The molecule has 1 aromatic heterocycles. The highest BCUT2D eigenvalue weighted by molar-refractivity contribution is 5.71. The number of likely N-dealkylation sites (tertiary alicyclic amines) is 1. The first kappa shape index (κ1) is 20.6. The Balaban J connectivity index is 2.29. The monoisotopic (exact) mass is 367 g/mol. The van der Waals surface area contributed by atoms with Gasteiger partial charge < -0.3 is 5.11 Å². The highest BCUT2D eigenvalue weighted by Gasteiger charge is 2.38. The van der Waals surface area contributed by atoms with Gasteiger partial charge in [-0.1, -0.05) is 27.7 Å². The summed E-state index contributed by atoms with van der Waals surface area (Å²) in [5, 5.41) is 9.55. The smallest absolute Gasteiger partial charge is 0.348 e. The summed E-state index contributed by atoms with van der Waals surface area (Å²) in [5.41, 5.74) is -0.0832. The molecule has 2 rings (SSSR count). The van der Waals surface area contributed by atoms with E-state index in [1.807, 2.05) is 32.6 Å². The quantitative estimate of drug-likeness (QED) is 0.764. The Morgan fingerprint density at radius 3 is 2.42 bits per heavy atom. The van der Waals surface area contributed by atoms with E-state index >= 15 is 0 Å². The van der Waals surface area contributed by atoms with Gasteiger partial charge in [-0.15, -0.1) is 0 Å². The molecule has 0 unspecified atom stereocenters. The van der Waals surface area contributed by atoms with E-state index in [1.165, 1.54) is 4.57 Å². The fourth-order valence-electron chi connectivity index (χ4n) is 3.54. The summed E-state index contributed by atoms with van der Waals surface area (Å²) in [6, 6.07) is -0.923. The summed E-state index contributed by atoms with van der Waals surface area (Å²) in [4.78, 5) is 30.3. The van der Waals surface area contributed by atoms with Gasteiger partial charge in [0.05, 0.1) is 5.69 Å². The van der Waals surface area contributed by atoms with Crippen molar-refractivity contribution in [2.24, 2.45) is 5.92 Å². The van der Waals surface area contributed by atoms with Crippen molar-refractivity contribution < 1.29 is 14.3 Å². The zero-order valence-electron chi connectivity index (χ0n) is 16.3. The molecule has 1 aliphatic rings. The van der Waals surface area contributed by atoms with Crippen molar-refractivity contribution in [2.45, 2.75) is 65.1 Å². The van der Waals surface area contributed by atoms with E-state index in [0.29, 0.717) is 38.2 Å². The summed E-state index contributed by atoms with van der Waals surface area (Å²) >= 11 is 0. The molecule has 0 aromatic carbocycles. The van der Waals surface area contributed by atoms with Gasteiger partial charge in [0.2, 0.25) is 0 Å². The maximum atomic E-state index is 13.7. The van der Waals surface area contributed by atoms with Crippen LogP contribution in [0.2, 0.25) is 0 Å². The molecule has 7 heteroatoms. The van der Waals surface area contributed by atoms with E-state index in [1.54, 1.807) is 13.1 Å². The van der Waals surface area contributed by atoms with E-state index in [-0.39, 0.29) is 11.8 Å². The van der Waals surface area contributed by atoms with Gasteiger partial charge in [-0.2, -0.15) is 4.98 Å². The molecule has 26 heavy (non-hydrogen) atoms. The maximum absolute atomic E-state index is 13.7. The maximum Gasteiger partial charge on any atom is 0.348 e. The Labute approximate surface area is 154 Å². The molecule has 1 aromatic rings. The molecule has 0 amide bonds. The number of rotatable bonds is 8. The van der Waals surface area contributed by atoms with Crippen molar-refractivity contribution in [3.63, 3.8) is 0 Å². The minimum Gasteiger partial charge on any atom is -0.480 e. The van der Waals surface area contributed by atoms with Gasteiger partial charge in [0.15, 0.2) is 0 Å². The summed E-state index contributed by atoms with van der Waals surface area (Å²) in [5.74, 6) is -0.829. The number of hydrogen-bond acceptors (Lipinski definition) is 4. The van der Waals surface area contributed by atoms with Crippen LogP contribution in [0, 0.1) is 5.92 Å². The van der Waals surface area contributed by atoms with Gasteiger partial charge in [0.1, 0.15) is 11.7 Å². The first-order valence-corrected chi connectivity index (χ1v) is 9.26. The van der Waals surface area contributed by atoms with Gasteiger partial charge >= 0.3 is 11.7 Å². The number of carboxylic acid groups (broad SMARTS) is 1. The van der Waals surface area contributed by atoms with Gasteiger partial charge in [-0.25, -0.2) is 14.0 Å². The molecule has 1 N–H and O–H groups in total. The highest BCUT2D eigenvalue weighted by Crippen LogP contribution is 2.25. The average Bonchev–Trinajstić information content (AvgIpc) is 2.48. The number of hydrogen-bond donors (Lipinski definition) is 1. The summed E-state index contributed by atoms with van der Waals surface area (Å²) in [7, 11) is 0. The molecule has 1 aliphatic heterocycles. The number of carbonyl (C=O) groups is 1. The van der Waals surface area contributed by atoms with Gasteiger partial charge in [-0.3, -0.25) is 9.47 Å². The van der Waals surface area contributed by atoms with E-state index in [9.17, 15) is 19.1 Å². The van der Waals surface area contributed by atoms with E-state index < -0.39 is 23.4 Å². The predicted molar refractivity (Wildman–Crippen MR) is 98.4 cm³/mol. The molecule has 1 fully saturated rings. The molecule has 1 saturated heterocycles. The standard InChI is InChI=1S/C19H30FN3O3/c1-12(2)8-15(17(24)25)23-9-14(16(13(3)4)21-18(23)26)6-7-22-10-19(5,20)11-22/h9,12-13,15H,6-8,10-11H2,1-5H3,(H,24,25)/t15-/m0/s1. The van der Waals surface area contributed by atoms with Crippen molar-refractivity contribution >= 4 is 5.97 Å². The lowest BCUT2D eigenvalue weighted by atomic mass is 9.97. The van der Waals surface area contributed by atoms with Crippen molar-refractivity contribution in [1.29, 1.82) is 0 Å². The molecule has 2 heterocycles. The van der Waals surface area contributed by atoms with Crippen LogP contribution < -0.4 is 5.69 Å². The van der Waals surface area contributed by atoms with Crippen LogP contribution in [-0.2, 0) is 11.2 Å². The molecule has 146 valence electrons. The SMILES string of the molecule is CC(C)C[C@@H](C(=O)O)n1cc(CCN2CC(C)(F)C2)c(C(C)C)nc1=O. The number of nitrogens with zero attached hydrogens (tertiary/aromatic N) is 3. The Morgan fingerprint density at radius 2 is 1.96 bits per heavy atom. The second-order valence-corrected chi connectivity index (χ2v) is 8.35. The minimum absolute atomic E-state index is 0.0589. The zero-order chi connectivity index (χ0) is 19.6. The fourth-order valence-corrected chi connectivity index (χ4v) is 3.54. The molecule has 1 atom stereocenters. The van der Waals surface area contributed by atoms with Gasteiger partial charge in [0, 0.05) is 25.8 Å². The van der Waals surface area contributed by atoms with Gasteiger partial charge in [0.25, 0.3) is 0 Å². The number of halogens is 1. The van der Waals surface area contributed by atoms with Crippen LogP contribution in [0.25, 0.3) is 0 Å². The van der Waals surface area contributed by atoms with Crippen molar-refractivity contribution in [3.8, 4) is 0 Å². The molecule has 0 aliphatic carbocycles. The second kappa shape index (κ2) is 7.86. The zero-order valence-corrected chi connectivity index (χ0v) is 16.3. The predicted octanol–water partition coefficient (Wildman–Crippen LogP) is 2.62. The van der Waals surface area contributed by atoms with E-state index in [4.69, 9.17) is 0 Å². The molecular weight excluding hydrogens is 337 g/mol. The normalized spacial score (nSPS) is 18.2. The summed E-state index contributed by atoms with van der Waals surface area (Å²) in [6.07, 6.45) is 2.63. The van der Waals surface area contributed by atoms with Crippen LogP contribution in [-0.4, -0.2) is 50.8 Å². The third kappa shape index (κ3) is 4.90. The van der Waals surface area contributed by atoms with Crippen molar-refractivity contribution in [2.75, 3.05) is 19.6 Å². The highest BCUT2D eigenvalue weighted by atomic mass is 19.1. The van der Waals surface area contributed by atoms with Crippen LogP contribution in [0.4, 0.5) is 4.39 Å². The molecule has 0 saturated carbocycles. The average molecular weight is 367 g/mol. The van der Waals surface area contributed by atoms with Crippen LogP contribution >= 0.6 is 0 Å². The molecule has 0 spiro atoms. The van der Waals surface area contributed by atoms with Gasteiger partial charge in [-0.05, 0) is 37.2 Å². The molecule has 0 bridgehead atoms. The third-order valence-corrected chi connectivity index (χ3v) is 4.73. The summed E-state index contributed by atoms with van der Waals surface area (Å²) < 4.78 is 14.9. The first-order chi connectivity index (χ1) is 12.0. The first-order valence-electron chi connectivity index (χ1n) is 9.26. The topological polar surface area (TPSA) is 75.4 Å². The van der Waals surface area contributed by atoms with E-state index in [0.717, 1.165) is 5.56 Å². The molecule has 6 nitrogen and oxygen atoms in total. The van der Waals surface area contributed by atoms with Crippen LogP contribution in [0.5, 0.6) is 0 Å². The molecular formula is C19H30FN3O3. The fraction of sp³-hybridized carbons (Fsp3) is 0.737. The largest absolute Gasteiger partial charge is 0.480 e. The molecule has 0 radical (unpaired) electrons. The number of aromatic nitrogens is 2. The Morgan fingerprint density at radius 1 is 1.35 bits per heavy atom. The Hall–Kier alpha value is -1.76. The number of alkyl halides is 1. The van der Waals surface area contributed by atoms with Crippen molar-refractivity contribution in [3.05, 3.63) is 27.9 Å². The van der Waals surface area contributed by atoms with E-state index in [2.05, 4.69) is 4.98 Å².